The van der Waals surface area contributed by atoms with Gasteiger partial charge in [0.1, 0.15) is 11.6 Å². The molecule has 0 bridgehead atoms. The maximum atomic E-state index is 12.9. The van der Waals surface area contributed by atoms with Gasteiger partial charge in [-0.3, -0.25) is 0 Å². The fourth-order valence-corrected chi connectivity index (χ4v) is 0.891. The average Bonchev–Trinajstić information content (AvgIpc) is 2.06. The van der Waals surface area contributed by atoms with Gasteiger partial charge in [-0.05, 0) is 18.2 Å². The summed E-state index contributed by atoms with van der Waals surface area (Å²) in [4.78, 5) is 0. The molecular formula is C9H8ClF2N. The zero-order valence-electron chi connectivity index (χ0n) is 6.78. The molecule has 1 nitrogen and oxygen atoms in total. The lowest BCUT2D eigenvalue weighted by molar-refractivity contribution is 0.603. The van der Waals surface area contributed by atoms with Crippen molar-refractivity contribution in [3.63, 3.8) is 0 Å². The lowest BCUT2D eigenvalue weighted by Crippen LogP contribution is -2.03. The fourth-order valence-electron chi connectivity index (χ4n) is 0.824. The van der Waals surface area contributed by atoms with Crippen molar-refractivity contribution in [2.75, 3.05) is 11.9 Å². The first-order valence-corrected chi connectivity index (χ1v) is 3.99. The molecule has 0 saturated heterocycles. The molecule has 0 atom stereocenters. The molecule has 1 aromatic rings. The van der Waals surface area contributed by atoms with Crippen LogP contribution in [0.25, 0.3) is 0 Å². The molecule has 0 spiro atoms. The second kappa shape index (κ2) is 4.23. The maximum Gasteiger partial charge on any atom is 0.146 e. The first kappa shape index (κ1) is 9.99. The van der Waals surface area contributed by atoms with Crippen LogP contribution in [0.15, 0.2) is 29.8 Å². The third-order valence-corrected chi connectivity index (χ3v) is 1.53. The average molecular weight is 204 g/mol. The zero-order valence-corrected chi connectivity index (χ0v) is 7.54. The predicted molar refractivity (Wildman–Crippen MR) is 49.8 cm³/mol. The summed E-state index contributed by atoms with van der Waals surface area (Å²) in [5.41, 5.74) is 0.0850. The third kappa shape index (κ3) is 3.03. The van der Waals surface area contributed by atoms with Crippen LogP contribution in [-0.4, -0.2) is 6.54 Å². The van der Waals surface area contributed by atoms with Crippen LogP contribution in [0.5, 0.6) is 0 Å². The summed E-state index contributed by atoms with van der Waals surface area (Å²) in [5.74, 6) is -1.01. The van der Waals surface area contributed by atoms with E-state index in [9.17, 15) is 8.78 Å². The highest BCUT2D eigenvalue weighted by molar-refractivity contribution is 6.29. The molecule has 0 unspecified atom stereocenters. The van der Waals surface area contributed by atoms with Crippen LogP contribution in [0.1, 0.15) is 0 Å². The van der Waals surface area contributed by atoms with Crippen LogP contribution >= 0.6 is 11.6 Å². The van der Waals surface area contributed by atoms with Crippen molar-refractivity contribution < 1.29 is 8.78 Å². The molecule has 0 fully saturated rings. The second-order valence-corrected chi connectivity index (χ2v) is 3.03. The molecule has 70 valence electrons. The van der Waals surface area contributed by atoms with Crippen LogP contribution in [0, 0.1) is 11.6 Å². The molecule has 0 aromatic heterocycles. The fraction of sp³-hybridized carbons (Fsp3) is 0.111. The third-order valence-electron chi connectivity index (χ3n) is 1.40. The van der Waals surface area contributed by atoms with E-state index in [-0.39, 0.29) is 12.2 Å². The Bertz CT molecular complexity index is 325. The Hall–Kier alpha value is -1.09. The van der Waals surface area contributed by atoms with Crippen molar-refractivity contribution in [2.45, 2.75) is 0 Å². The van der Waals surface area contributed by atoms with Gasteiger partial charge in [0.15, 0.2) is 0 Å². The largest absolute Gasteiger partial charge is 0.378 e. The maximum absolute atomic E-state index is 12.9. The first-order chi connectivity index (χ1) is 6.09. The van der Waals surface area contributed by atoms with Gasteiger partial charge in [0.2, 0.25) is 0 Å². The van der Waals surface area contributed by atoms with Crippen molar-refractivity contribution in [3.8, 4) is 0 Å². The van der Waals surface area contributed by atoms with Crippen LogP contribution < -0.4 is 5.32 Å². The summed E-state index contributed by atoms with van der Waals surface area (Å²) in [6.45, 7) is 3.62. The Morgan fingerprint density at radius 2 is 2.15 bits per heavy atom. The molecule has 1 rings (SSSR count). The van der Waals surface area contributed by atoms with E-state index in [1.165, 1.54) is 0 Å². The van der Waals surface area contributed by atoms with E-state index in [2.05, 4.69) is 11.9 Å². The minimum absolute atomic E-state index is 0.0850. The Labute approximate surface area is 80.0 Å². The summed E-state index contributed by atoms with van der Waals surface area (Å²) in [6.07, 6.45) is 0. The quantitative estimate of drug-likeness (QED) is 0.796. The molecule has 0 aliphatic carbocycles. The summed E-state index contributed by atoms with van der Waals surface area (Å²) in [5, 5.41) is 2.94. The van der Waals surface area contributed by atoms with Crippen LogP contribution in [0.2, 0.25) is 0 Å². The molecule has 0 aliphatic rings. The minimum Gasteiger partial charge on any atom is -0.378 e. The number of hydrogen-bond acceptors (Lipinski definition) is 1. The van der Waals surface area contributed by atoms with Crippen molar-refractivity contribution in [3.05, 3.63) is 41.4 Å². The molecule has 0 aliphatic heterocycles. The molecular weight excluding hydrogens is 196 g/mol. The minimum atomic E-state index is -0.515. The summed E-state index contributed by atoms with van der Waals surface area (Å²) >= 11 is 5.45. The van der Waals surface area contributed by atoms with E-state index in [0.717, 1.165) is 18.2 Å². The molecule has 0 amide bonds. The van der Waals surface area contributed by atoms with Gasteiger partial charge in [-0.15, -0.1) is 0 Å². The van der Waals surface area contributed by atoms with Crippen LogP contribution in [0.4, 0.5) is 14.5 Å². The number of halogens is 3. The van der Waals surface area contributed by atoms with E-state index in [1.807, 2.05) is 0 Å². The van der Waals surface area contributed by atoms with Crippen molar-refractivity contribution >= 4 is 17.3 Å². The molecule has 0 radical (unpaired) electrons. The van der Waals surface area contributed by atoms with Crippen LogP contribution in [0.3, 0.4) is 0 Å². The number of benzene rings is 1. The highest BCUT2D eigenvalue weighted by atomic mass is 35.5. The Morgan fingerprint density at radius 1 is 1.46 bits per heavy atom. The zero-order chi connectivity index (χ0) is 9.84. The summed E-state index contributed by atoms with van der Waals surface area (Å²) in [7, 11) is 0. The molecule has 1 N–H and O–H groups in total. The van der Waals surface area contributed by atoms with Gasteiger partial charge in [-0.1, -0.05) is 18.2 Å². The summed E-state index contributed by atoms with van der Waals surface area (Å²) in [6, 6.07) is 3.17. The first-order valence-electron chi connectivity index (χ1n) is 3.62. The van der Waals surface area contributed by atoms with E-state index >= 15 is 0 Å². The molecule has 0 heterocycles. The second-order valence-electron chi connectivity index (χ2n) is 2.49. The van der Waals surface area contributed by atoms with E-state index < -0.39 is 11.6 Å². The van der Waals surface area contributed by atoms with Crippen LogP contribution in [-0.2, 0) is 0 Å². The standard InChI is InChI=1S/C9H8ClF2N/c1-6(10)5-13-9-4-7(11)2-3-8(9)12/h2-4,13H,1,5H2. The molecule has 0 saturated carbocycles. The van der Waals surface area contributed by atoms with Gasteiger partial charge in [-0.2, -0.15) is 0 Å². The number of anilines is 1. The van der Waals surface area contributed by atoms with Gasteiger partial charge in [0.05, 0.1) is 12.2 Å². The Kier molecular flexibility index (Phi) is 3.25. The topological polar surface area (TPSA) is 12.0 Å². The highest BCUT2D eigenvalue weighted by Gasteiger charge is 2.02. The monoisotopic (exact) mass is 203 g/mol. The molecule has 13 heavy (non-hydrogen) atoms. The van der Waals surface area contributed by atoms with Crippen molar-refractivity contribution in [2.24, 2.45) is 0 Å². The normalized spacial score (nSPS) is 9.77. The van der Waals surface area contributed by atoms with E-state index in [0.29, 0.717) is 5.03 Å². The van der Waals surface area contributed by atoms with Gasteiger partial charge in [0, 0.05) is 5.03 Å². The van der Waals surface area contributed by atoms with E-state index in [4.69, 9.17) is 11.6 Å². The Morgan fingerprint density at radius 3 is 2.77 bits per heavy atom. The van der Waals surface area contributed by atoms with Gasteiger partial charge in [-0.25, -0.2) is 8.78 Å². The van der Waals surface area contributed by atoms with Gasteiger partial charge < -0.3 is 5.32 Å². The number of hydrogen-bond donors (Lipinski definition) is 1. The number of nitrogens with one attached hydrogen (secondary N) is 1. The number of rotatable bonds is 3. The SMILES string of the molecule is C=C(Cl)CNc1cc(F)ccc1F. The van der Waals surface area contributed by atoms with Gasteiger partial charge in [0.25, 0.3) is 0 Å². The van der Waals surface area contributed by atoms with Gasteiger partial charge >= 0.3 is 0 Å². The molecule has 1 aromatic carbocycles. The van der Waals surface area contributed by atoms with Crippen molar-refractivity contribution in [1.29, 1.82) is 0 Å². The van der Waals surface area contributed by atoms with Crippen molar-refractivity contribution in [1.82, 2.24) is 0 Å². The highest BCUT2D eigenvalue weighted by Crippen LogP contribution is 2.15. The smallest absolute Gasteiger partial charge is 0.146 e. The Balaban J connectivity index is 2.75. The van der Waals surface area contributed by atoms with E-state index in [1.54, 1.807) is 0 Å². The summed E-state index contributed by atoms with van der Waals surface area (Å²) < 4.78 is 25.5. The lowest BCUT2D eigenvalue weighted by Gasteiger charge is -2.05. The predicted octanol–water partition coefficient (Wildman–Crippen LogP) is 3.13. The molecule has 4 heteroatoms. The lowest BCUT2D eigenvalue weighted by atomic mass is 10.3.